The van der Waals surface area contributed by atoms with Gasteiger partial charge < -0.3 is 14.4 Å². The SMILES string of the molecule is Cn1ccc(C(=O)N2C[C@@H]3[C@H](C2)n2cccc2C(=O)N3Cc2ccccn2)n1. The fourth-order valence-electron chi connectivity index (χ4n) is 4.22. The van der Waals surface area contributed by atoms with Crippen LogP contribution in [0.4, 0.5) is 0 Å². The van der Waals surface area contributed by atoms with E-state index in [2.05, 4.69) is 10.1 Å². The number of hydrogen-bond donors (Lipinski definition) is 0. The quantitative estimate of drug-likeness (QED) is 0.691. The van der Waals surface area contributed by atoms with Gasteiger partial charge in [-0.15, -0.1) is 0 Å². The summed E-state index contributed by atoms with van der Waals surface area (Å²) >= 11 is 0. The van der Waals surface area contributed by atoms with Crippen LogP contribution >= 0.6 is 0 Å². The van der Waals surface area contributed by atoms with Gasteiger partial charge in [-0.25, -0.2) is 0 Å². The maximum Gasteiger partial charge on any atom is 0.274 e. The molecule has 5 rings (SSSR count). The minimum atomic E-state index is -0.103. The van der Waals surface area contributed by atoms with E-state index in [9.17, 15) is 9.59 Å². The number of aryl methyl sites for hydroxylation is 1. The van der Waals surface area contributed by atoms with Gasteiger partial charge >= 0.3 is 0 Å². The third-order valence-electron chi connectivity index (χ3n) is 5.55. The van der Waals surface area contributed by atoms with Gasteiger partial charge in [0.15, 0.2) is 0 Å². The molecule has 5 heterocycles. The van der Waals surface area contributed by atoms with E-state index in [1.165, 1.54) is 0 Å². The highest BCUT2D eigenvalue weighted by Crippen LogP contribution is 2.35. The molecule has 1 fully saturated rings. The van der Waals surface area contributed by atoms with Crippen molar-refractivity contribution in [3.8, 4) is 0 Å². The fourth-order valence-corrected chi connectivity index (χ4v) is 4.22. The minimum absolute atomic E-state index is 0.0240. The number of carbonyl (C=O) groups is 2. The topological polar surface area (TPSA) is 76.3 Å². The zero-order valence-corrected chi connectivity index (χ0v) is 15.5. The Bertz CT molecular complexity index is 1040. The maximum atomic E-state index is 13.1. The molecule has 8 heteroatoms. The lowest BCUT2D eigenvalue weighted by molar-refractivity contribution is 0.0547. The van der Waals surface area contributed by atoms with E-state index < -0.39 is 0 Å². The monoisotopic (exact) mass is 376 g/mol. The van der Waals surface area contributed by atoms with Gasteiger partial charge in [0.1, 0.15) is 11.4 Å². The Morgan fingerprint density at radius 2 is 1.96 bits per heavy atom. The van der Waals surface area contributed by atoms with Crippen LogP contribution in [-0.2, 0) is 13.6 Å². The number of likely N-dealkylation sites (tertiary alicyclic amines) is 1. The van der Waals surface area contributed by atoms with Crippen molar-refractivity contribution in [3.05, 3.63) is 72.1 Å². The van der Waals surface area contributed by atoms with Crippen LogP contribution in [0.3, 0.4) is 0 Å². The molecule has 0 spiro atoms. The number of aromatic nitrogens is 4. The van der Waals surface area contributed by atoms with Gasteiger partial charge in [0, 0.05) is 38.7 Å². The summed E-state index contributed by atoms with van der Waals surface area (Å²) in [5.41, 5.74) is 1.92. The second-order valence-corrected chi connectivity index (χ2v) is 7.27. The number of nitrogens with zero attached hydrogens (tertiary/aromatic N) is 6. The summed E-state index contributed by atoms with van der Waals surface area (Å²) in [5.74, 6) is -0.127. The predicted octanol–water partition coefficient (Wildman–Crippen LogP) is 1.34. The number of rotatable bonds is 3. The molecule has 2 aliphatic heterocycles. The third kappa shape index (κ3) is 2.60. The molecule has 3 aromatic heterocycles. The van der Waals surface area contributed by atoms with Gasteiger partial charge in [-0.05, 0) is 30.3 Å². The van der Waals surface area contributed by atoms with Gasteiger partial charge in [-0.2, -0.15) is 5.10 Å². The highest BCUT2D eigenvalue weighted by atomic mass is 16.2. The van der Waals surface area contributed by atoms with Crippen molar-refractivity contribution >= 4 is 11.8 Å². The molecular formula is C20H20N6O2. The summed E-state index contributed by atoms with van der Waals surface area (Å²) in [4.78, 5) is 34.1. The van der Waals surface area contributed by atoms with Gasteiger partial charge in [0.25, 0.3) is 11.8 Å². The molecular weight excluding hydrogens is 356 g/mol. The van der Waals surface area contributed by atoms with Gasteiger partial charge in [0.2, 0.25) is 0 Å². The van der Waals surface area contributed by atoms with E-state index in [0.717, 1.165) is 5.69 Å². The molecule has 3 aromatic rings. The summed E-state index contributed by atoms with van der Waals surface area (Å²) in [6.45, 7) is 1.46. The van der Waals surface area contributed by atoms with Crippen molar-refractivity contribution in [2.75, 3.05) is 13.1 Å². The molecule has 0 unspecified atom stereocenters. The van der Waals surface area contributed by atoms with Crippen LogP contribution < -0.4 is 0 Å². The van der Waals surface area contributed by atoms with Crippen LogP contribution in [0.1, 0.15) is 32.7 Å². The number of pyridine rings is 1. The van der Waals surface area contributed by atoms with Crippen LogP contribution in [0.25, 0.3) is 0 Å². The van der Waals surface area contributed by atoms with Gasteiger partial charge in [0.05, 0.1) is 24.3 Å². The minimum Gasteiger partial charge on any atom is -0.337 e. The van der Waals surface area contributed by atoms with Crippen molar-refractivity contribution in [1.29, 1.82) is 0 Å². The van der Waals surface area contributed by atoms with E-state index in [-0.39, 0.29) is 23.9 Å². The fraction of sp³-hybridized carbons (Fsp3) is 0.300. The Balaban J connectivity index is 1.47. The summed E-state index contributed by atoms with van der Waals surface area (Å²) in [5, 5.41) is 4.24. The van der Waals surface area contributed by atoms with E-state index >= 15 is 0 Å². The van der Waals surface area contributed by atoms with Crippen molar-refractivity contribution < 1.29 is 9.59 Å². The molecule has 1 saturated heterocycles. The predicted molar refractivity (Wildman–Crippen MR) is 100 cm³/mol. The van der Waals surface area contributed by atoms with Crippen LogP contribution in [-0.4, -0.2) is 60.1 Å². The third-order valence-corrected chi connectivity index (χ3v) is 5.55. The lowest BCUT2D eigenvalue weighted by Crippen LogP contribution is -2.50. The van der Waals surface area contributed by atoms with Crippen molar-refractivity contribution in [3.63, 3.8) is 0 Å². The first kappa shape index (κ1) is 16.7. The Kier molecular flexibility index (Phi) is 3.78. The van der Waals surface area contributed by atoms with Gasteiger partial charge in [-0.3, -0.25) is 19.3 Å². The Labute approximate surface area is 162 Å². The van der Waals surface area contributed by atoms with E-state index in [1.54, 1.807) is 35.1 Å². The number of carbonyl (C=O) groups excluding carboxylic acids is 2. The summed E-state index contributed by atoms with van der Waals surface area (Å²) in [7, 11) is 1.79. The van der Waals surface area contributed by atoms with Crippen LogP contribution in [0.15, 0.2) is 55.0 Å². The standard InChI is InChI=1S/C20H20N6O2/c1-23-10-7-15(22-23)19(27)24-12-17-18(13-24)26(11-14-5-2-3-8-21-14)20(28)16-6-4-9-25(16)17/h2-10,17-18H,11-13H2,1H3/t17-,18+/m0/s1. The highest BCUT2D eigenvalue weighted by molar-refractivity contribution is 5.95. The average Bonchev–Trinajstić information content (AvgIpc) is 3.44. The van der Waals surface area contributed by atoms with Crippen molar-refractivity contribution in [2.45, 2.75) is 18.6 Å². The lowest BCUT2D eigenvalue weighted by atomic mass is 10.1. The number of hydrogen-bond acceptors (Lipinski definition) is 4. The molecule has 0 N–H and O–H groups in total. The molecule has 0 aliphatic carbocycles. The van der Waals surface area contributed by atoms with Crippen LogP contribution in [0, 0.1) is 0 Å². The molecule has 28 heavy (non-hydrogen) atoms. The Morgan fingerprint density at radius 3 is 2.71 bits per heavy atom. The Morgan fingerprint density at radius 1 is 1.11 bits per heavy atom. The number of fused-ring (bicyclic) bond motifs is 3. The van der Waals surface area contributed by atoms with Crippen molar-refractivity contribution in [1.82, 2.24) is 29.1 Å². The summed E-state index contributed by atoms with van der Waals surface area (Å²) < 4.78 is 3.63. The molecule has 142 valence electrons. The zero-order chi connectivity index (χ0) is 19.3. The molecule has 0 radical (unpaired) electrons. The smallest absolute Gasteiger partial charge is 0.274 e. The number of amides is 2. The molecule has 0 saturated carbocycles. The van der Waals surface area contributed by atoms with Gasteiger partial charge in [-0.1, -0.05) is 6.07 Å². The van der Waals surface area contributed by atoms with Crippen LogP contribution in [0.2, 0.25) is 0 Å². The van der Waals surface area contributed by atoms with E-state index in [4.69, 9.17) is 0 Å². The van der Waals surface area contributed by atoms with E-state index in [0.29, 0.717) is 31.0 Å². The van der Waals surface area contributed by atoms with Crippen LogP contribution in [0.5, 0.6) is 0 Å². The summed E-state index contributed by atoms with van der Waals surface area (Å²) in [6, 6.07) is 11.1. The first-order valence-corrected chi connectivity index (χ1v) is 9.28. The largest absolute Gasteiger partial charge is 0.337 e. The molecule has 2 aliphatic rings. The second kappa shape index (κ2) is 6.33. The molecule has 2 atom stereocenters. The summed E-state index contributed by atoms with van der Waals surface area (Å²) in [6.07, 6.45) is 5.42. The second-order valence-electron chi connectivity index (χ2n) is 7.27. The molecule has 8 nitrogen and oxygen atoms in total. The van der Waals surface area contributed by atoms with E-state index in [1.807, 2.05) is 46.0 Å². The average molecular weight is 376 g/mol. The molecule has 0 bridgehead atoms. The van der Waals surface area contributed by atoms with Crippen molar-refractivity contribution in [2.24, 2.45) is 7.05 Å². The molecule has 2 amide bonds. The lowest BCUT2D eigenvalue weighted by Gasteiger charge is -2.37. The first-order chi connectivity index (χ1) is 13.6. The normalized spacial score (nSPS) is 21.0. The molecule has 0 aromatic carbocycles. The highest BCUT2D eigenvalue weighted by Gasteiger charge is 2.46. The maximum absolute atomic E-state index is 13.1. The zero-order valence-electron chi connectivity index (χ0n) is 15.5. The Hall–Kier alpha value is -3.42. The first-order valence-electron chi connectivity index (χ1n) is 9.28.